The second-order valence-electron chi connectivity index (χ2n) is 2.19. The number of nitrogen functional groups attached to an aromatic ring is 1. The van der Waals surface area contributed by atoms with Gasteiger partial charge in [0.2, 0.25) is 0 Å². The molecule has 0 bridgehead atoms. The SMILES string of the molecule is Nc1ccc(Cl)cc1OS(=O)(=O)O. The van der Waals surface area contributed by atoms with Gasteiger partial charge in [0, 0.05) is 11.1 Å². The van der Waals surface area contributed by atoms with Gasteiger partial charge in [-0.15, -0.1) is 0 Å². The Balaban J connectivity index is 3.08. The van der Waals surface area contributed by atoms with Crippen LogP contribution in [0.15, 0.2) is 18.2 Å². The van der Waals surface area contributed by atoms with Gasteiger partial charge in [0.25, 0.3) is 0 Å². The van der Waals surface area contributed by atoms with Crippen molar-refractivity contribution in [2.24, 2.45) is 0 Å². The number of hydrogen-bond acceptors (Lipinski definition) is 4. The number of benzene rings is 1. The maximum Gasteiger partial charge on any atom is 0.446 e. The molecule has 0 unspecified atom stereocenters. The second-order valence-corrected chi connectivity index (χ2v) is 3.65. The average molecular weight is 224 g/mol. The molecule has 13 heavy (non-hydrogen) atoms. The summed E-state index contributed by atoms with van der Waals surface area (Å²) in [7, 11) is -4.56. The van der Waals surface area contributed by atoms with E-state index in [4.69, 9.17) is 21.9 Å². The van der Waals surface area contributed by atoms with Gasteiger partial charge in [-0.3, -0.25) is 4.55 Å². The lowest BCUT2D eigenvalue weighted by Crippen LogP contribution is -2.08. The quantitative estimate of drug-likeness (QED) is 0.579. The van der Waals surface area contributed by atoms with Crippen molar-refractivity contribution >= 4 is 27.7 Å². The van der Waals surface area contributed by atoms with Crippen LogP contribution in [0, 0.1) is 0 Å². The Bertz CT molecular complexity index is 417. The van der Waals surface area contributed by atoms with Gasteiger partial charge >= 0.3 is 10.4 Å². The molecule has 0 amide bonds. The fourth-order valence-corrected chi connectivity index (χ4v) is 1.23. The van der Waals surface area contributed by atoms with E-state index in [1.54, 1.807) is 0 Å². The van der Waals surface area contributed by atoms with Gasteiger partial charge in [-0.2, -0.15) is 8.42 Å². The minimum atomic E-state index is -4.56. The summed E-state index contributed by atoms with van der Waals surface area (Å²) in [5, 5.41) is 0.257. The summed E-state index contributed by atoms with van der Waals surface area (Å²) in [6.07, 6.45) is 0. The van der Waals surface area contributed by atoms with Gasteiger partial charge in [-0.05, 0) is 12.1 Å². The van der Waals surface area contributed by atoms with Crippen LogP contribution < -0.4 is 9.92 Å². The molecular formula is C6H6ClNO4S. The molecule has 72 valence electrons. The van der Waals surface area contributed by atoms with E-state index in [2.05, 4.69) is 4.18 Å². The van der Waals surface area contributed by atoms with Crippen LogP contribution in [0.1, 0.15) is 0 Å². The Morgan fingerprint density at radius 2 is 2.08 bits per heavy atom. The zero-order valence-corrected chi connectivity index (χ0v) is 7.84. The van der Waals surface area contributed by atoms with Crippen molar-refractivity contribution in [1.82, 2.24) is 0 Å². The number of rotatable bonds is 2. The summed E-state index contributed by atoms with van der Waals surface area (Å²) in [4.78, 5) is 0. The molecule has 1 rings (SSSR count). The van der Waals surface area contributed by atoms with E-state index in [9.17, 15) is 8.42 Å². The third-order valence-corrected chi connectivity index (χ3v) is 1.80. The molecule has 0 spiro atoms. The van der Waals surface area contributed by atoms with Crippen LogP contribution in [0.3, 0.4) is 0 Å². The third kappa shape index (κ3) is 3.10. The lowest BCUT2D eigenvalue weighted by Gasteiger charge is -2.04. The second kappa shape index (κ2) is 3.41. The molecule has 1 aromatic carbocycles. The van der Waals surface area contributed by atoms with Crippen molar-refractivity contribution < 1.29 is 17.2 Å². The summed E-state index contributed by atoms with van der Waals surface area (Å²) in [5.41, 5.74) is 5.41. The first-order valence-electron chi connectivity index (χ1n) is 3.10. The number of hydrogen-bond donors (Lipinski definition) is 2. The zero-order valence-electron chi connectivity index (χ0n) is 6.27. The Kier molecular flexibility index (Phi) is 2.65. The minimum absolute atomic E-state index is 0.0713. The van der Waals surface area contributed by atoms with Crippen LogP contribution in [-0.2, 0) is 10.4 Å². The molecule has 0 fully saturated rings. The summed E-state index contributed by atoms with van der Waals surface area (Å²) in [6.45, 7) is 0. The predicted molar refractivity (Wildman–Crippen MR) is 48.0 cm³/mol. The van der Waals surface area contributed by atoms with E-state index in [1.807, 2.05) is 0 Å². The largest absolute Gasteiger partial charge is 0.446 e. The highest BCUT2D eigenvalue weighted by molar-refractivity contribution is 7.81. The zero-order chi connectivity index (χ0) is 10.1. The fourth-order valence-electron chi connectivity index (χ4n) is 0.694. The molecule has 0 aliphatic heterocycles. The van der Waals surface area contributed by atoms with E-state index in [-0.39, 0.29) is 16.5 Å². The molecule has 3 N–H and O–H groups in total. The molecule has 0 atom stereocenters. The van der Waals surface area contributed by atoms with Gasteiger partial charge in [0.05, 0.1) is 5.69 Å². The van der Waals surface area contributed by atoms with Crippen molar-refractivity contribution in [3.05, 3.63) is 23.2 Å². The molecule has 0 saturated heterocycles. The fraction of sp³-hybridized carbons (Fsp3) is 0. The number of nitrogens with two attached hydrogens (primary N) is 1. The Labute approximate surface area is 80.0 Å². The molecular weight excluding hydrogens is 218 g/mol. The van der Waals surface area contributed by atoms with E-state index < -0.39 is 10.4 Å². The Morgan fingerprint density at radius 3 is 2.62 bits per heavy atom. The molecule has 0 aliphatic carbocycles. The summed E-state index contributed by atoms with van der Waals surface area (Å²) in [6, 6.07) is 4.02. The predicted octanol–water partition coefficient (Wildman–Crippen LogP) is 1.10. The highest BCUT2D eigenvalue weighted by Crippen LogP contribution is 2.26. The van der Waals surface area contributed by atoms with E-state index >= 15 is 0 Å². The molecule has 0 saturated carbocycles. The smallest absolute Gasteiger partial charge is 0.396 e. The van der Waals surface area contributed by atoms with Crippen LogP contribution in [-0.4, -0.2) is 13.0 Å². The van der Waals surface area contributed by atoms with E-state index in [1.165, 1.54) is 18.2 Å². The third-order valence-electron chi connectivity index (χ3n) is 1.17. The molecule has 1 aromatic rings. The summed E-state index contributed by atoms with van der Waals surface area (Å²) >= 11 is 5.53. The van der Waals surface area contributed by atoms with Crippen molar-refractivity contribution in [2.45, 2.75) is 0 Å². The first kappa shape index (κ1) is 10.1. The van der Waals surface area contributed by atoms with Crippen molar-refractivity contribution in [3.8, 4) is 5.75 Å². The molecule has 0 aliphatic rings. The van der Waals surface area contributed by atoms with Gasteiger partial charge in [0.1, 0.15) is 0 Å². The Hall–Kier alpha value is -0.980. The van der Waals surface area contributed by atoms with Crippen LogP contribution >= 0.6 is 11.6 Å². The van der Waals surface area contributed by atoms with E-state index in [0.29, 0.717) is 0 Å². The van der Waals surface area contributed by atoms with Gasteiger partial charge in [-0.1, -0.05) is 11.6 Å². The van der Waals surface area contributed by atoms with Gasteiger partial charge in [0.15, 0.2) is 5.75 Å². The monoisotopic (exact) mass is 223 g/mol. The highest BCUT2D eigenvalue weighted by atomic mass is 35.5. The van der Waals surface area contributed by atoms with Crippen molar-refractivity contribution in [1.29, 1.82) is 0 Å². The van der Waals surface area contributed by atoms with Crippen LogP contribution in [0.25, 0.3) is 0 Å². The molecule has 0 aromatic heterocycles. The lowest BCUT2D eigenvalue weighted by atomic mass is 10.3. The van der Waals surface area contributed by atoms with E-state index in [0.717, 1.165) is 0 Å². The molecule has 5 nitrogen and oxygen atoms in total. The van der Waals surface area contributed by atoms with Gasteiger partial charge < -0.3 is 9.92 Å². The maximum atomic E-state index is 10.3. The van der Waals surface area contributed by atoms with Crippen molar-refractivity contribution in [3.63, 3.8) is 0 Å². The summed E-state index contributed by atoms with van der Waals surface area (Å²) in [5.74, 6) is -0.199. The maximum absolute atomic E-state index is 10.3. The number of anilines is 1. The van der Waals surface area contributed by atoms with Crippen LogP contribution in [0.5, 0.6) is 5.75 Å². The van der Waals surface area contributed by atoms with Crippen molar-refractivity contribution in [2.75, 3.05) is 5.73 Å². The minimum Gasteiger partial charge on any atom is -0.396 e. The molecule has 7 heteroatoms. The topological polar surface area (TPSA) is 89.6 Å². The highest BCUT2D eigenvalue weighted by Gasteiger charge is 2.10. The summed E-state index contributed by atoms with van der Waals surface area (Å²) < 4.78 is 33.1. The van der Waals surface area contributed by atoms with Crippen LogP contribution in [0.4, 0.5) is 5.69 Å². The van der Waals surface area contributed by atoms with Crippen LogP contribution in [0.2, 0.25) is 5.02 Å². The van der Waals surface area contributed by atoms with Gasteiger partial charge in [-0.25, -0.2) is 0 Å². The standard InChI is InChI=1S/C6H6ClNO4S/c7-4-1-2-5(8)6(3-4)12-13(9,10)11/h1-3H,8H2,(H,9,10,11). The molecule has 0 heterocycles. The lowest BCUT2D eigenvalue weighted by molar-refractivity contribution is 0.387. The molecule has 0 radical (unpaired) electrons. The first-order valence-corrected chi connectivity index (χ1v) is 4.85. The average Bonchev–Trinajstić information content (AvgIpc) is 1.94. The Morgan fingerprint density at radius 1 is 1.46 bits per heavy atom. The number of halogens is 1. The first-order chi connectivity index (χ1) is 5.88. The normalized spacial score (nSPS) is 11.2.